The van der Waals surface area contributed by atoms with Gasteiger partial charge in [0.1, 0.15) is 5.75 Å². The van der Waals surface area contributed by atoms with Crippen LogP contribution in [0.15, 0.2) is 47.2 Å². The average Bonchev–Trinajstić information content (AvgIpc) is 2.48. The number of halogens is 1. The number of hydrogen-bond acceptors (Lipinski definition) is 5. The lowest BCUT2D eigenvalue weighted by Gasteiger charge is -2.06. The maximum atomic E-state index is 12.0. The van der Waals surface area contributed by atoms with Crippen molar-refractivity contribution in [3.63, 3.8) is 0 Å². The molecule has 0 bridgehead atoms. The number of esters is 2. The molecule has 1 heterocycles. The highest BCUT2D eigenvalue weighted by atomic mass is 79.9. The number of ether oxygens (including phenoxy) is 2. The SMILES string of the molecule is CCOC(=O)c1cccc(OC(=O)c2cncc(Br)c2)c1. The molecule has 108 valence electrons. The summed E-state index contributed by atoms with van der Waals surface area (Å²) in [5.41, 5.74) is 0.639. The Hall–Kier alpha value is -2.21. The number of aromatic nitrogens is 1. The Morgan fingerprint density at radius 2 is 1.95 bits per heavy atom. The Morgan fingerprint density at radius 1 is 1.14 bits per heavy atom. The van der Waals surface area contributed by atoms with Gasteiger partial charge in [-0.1, -0.05) is 6.07 Å². The molecule has 0 N–H and O–H groups in total. The number of hydrogen-bond donors (Lipinski definition) is 0. The minimum atomic E-state index is -0.551. The van der Waals surface area contributed by atoms with Gasteiger partial charge in [-0.3, -0.25) is 4.98 Å². The third kappa shape index (κ3) is 4.13. The highest BCUT2D eigenvalue weighted by Crippen LogP contribution is 2.17. The third-order valence-corrected chi connectivity index (χ3v) is 2.93. The number of pyridine rings is 1. The molecule has 0 radical (unpaired) electrons. The zero-order valence-electron chi connectivity index (χ0n) is 11.2. The Bertz CT molecular complexity index is 672. The Morgan fingerprint density at radius 3 is 2.67 bits per heavy atom. The van der Waals surface area contributed by atoms with E-state index in [1.807, 2.05) is 0 Å². The van der Waals surface area contributed by atoms with Gasteiger partial charge in [0.15, 0.2) is 0 Å². The van der Waals surface area contributed by atoms with Crippen molar-refractivity contribution in [2.24, 2.45) is 0 Å². The second-order valence-electron chi connectivity index (χ2n) is 4.03. The van der Waals surface area contributed by atoms with E-state index in [9.17, 15) is 9.59 Å². The van der Waals surface area contributed by atoms with Crippen molar-refractivity contribution in [2.75, 3.05) is 6.61 Å². The zero-order valence-corrected chi connectivity index (χ0v) is 12.8. The van der Waals surface area contributed by atoms with Crippen LogP contribution in [0.5, 0.6) is 5.75 Å². The van der Waals surface area contributed by atoms with Crippen molar-refractivity contribution < 1.29 is 19.1 Å². The summed E-state index contributed by atoms with van der Waals surface area (Å²) >= 11 is 3.23. The Labute approximate surface area is 130 Å². The van der Waals surface area contributed by atoms with Crippen LogP contribution in [-0.2, 0) is 4.74 Å². The van der Waals surface area contributed by atoms with Crippen LogP contribution in [0.3, 0.4) is 0 Å². The van der Waals surface area contributed by atoms with Gasteiger partial charge in [-0.2, -0.15) is 0 Å². The second-order valence-corrected chi connectivity index (χ2v) is 4.95. The highest BCUT2D eigenvalue weighted by molar-refractivity contribution is 9.10. The fourth-order valence-corrected chi connectivity index (χ4v) is 1.96. The van der Waals surface area contributed by atoms with Crippen LogP contribution in [0.25, 0.3) is 0 Å². The molecule has 0 aliphatic carbocycles. The number of carbonyl (C=O) groups is 2. The topological polar surface area (TPSA) is 65.5 Å². The molecule has 0 amide bonds. The predicted molar refractivity (Wildman–Crippen MR) is 79.3 cm³/mol. The zero-order chi connectivity index (χ0) is 15.2. The van der Waals surface area contributed by atoms with Crippen LogP contribution in [0.2, 0.25) is 0 Å². The molecule has 0 unspecified atom stereocenters. The molecule has 0 fully saturated rings. The molecule has 0 spiro atoms. The molecule has 21 heavy (non-hydrogen) atoms. The van der Waals surface area contributed by atoms with Crippen LogP contribution in [-0.4, -0.2) is 23.5 Å². The summed E-state index contributed by atoms with van der Waals surface area (Å²) in [5.74, 6) is -0.741. The minimum absolute atomic E-state index is 0.269. The van der Waals surface area contributed by atoms with E-state index in [2.05, 4.69) is 20.9 Å². The molecular weight excluding hydrogens is 338 g/mol. The minimum Gasteiger partial charge on any atom is -0.462 e. The molecule has 0 atom stereocenters. The Kier molecular flexibility index (Phi) is 5.05. The van der Waals surface area contributed by atoms with Gasteiger partial charge in [0.05, 0.1) is 17.7 Å². The van der Waals surface area contributed by atoms with Gasteiger partial charge in [0, 0.05) is 16.9 Å². The van der Waals surface area contributed by atoms with Gasteiger partial charge >= 0.3 is 11.9 Å². The summed E-state index contributed by atoms with van der Waals surface area (Å²) in [7, 11) is 0. The number of benzene rings is 1. The predicted octanol–water partition coefficient (Wildman–Crippen LogP) is 3.24. The van der Waals surface area contributed by atoms with E-state index < -0.39 is 11.9 Å². The van der Waals surface area contributed by atoms with E-state index in [1.165, 1.54) is 12.3 Å². The third-order valence-electron chi connectivity index (χ3n) is 2.50. The maximum absolute atomic E-state index is 12.0. The highest BCUT2D eigenvalue weighted by Gasteiger charge is 2.12. The number of rotatable bonds is 4. The first kappa shape index (κ1) is 15.2. The summed E-state index contributed by atoms with van der Waals surface area (Å²) in [6.07, 6.45) is 2.97. The lowest BCUT2D eigenvalue weighted by atomic mass is 10.2. The first-order valence-electron chi connectivity index (χ1n) is 6.20. The van der Waals surface area contributed by atoms with Crippen LogP contribution in [0.4, 0.5) is 0 Å². The molecule has 1 aromatic heterocycles. The first-order valence-corrected chi connectivity index (χ1v) is 6.99. The van der Waals surface area contributed by atoms with E-state index in [0.29, 0.717) is 15.6 Å². The van der Waals surface area contributed by atoms with Crippen molar-refractivity contribution in [2.45, 2.75) is 6.92 Å². The van der Waals surface area contributed by atoms with E-state index in [0.717, 1.165) is 0 Å². The van der Waals surface area contributed by atoms with Gasteiger partial charge in [-0.15, -0.1) is 0 Å². The lowest BCUT2D eigenvalue weighted by molar-refractivity contribution is 0.0524. The van der Waals surface area contributed by atoms with E-state index in [4.69, 9.17) is 9.47 Å². The van der Waals surface area contributed by atoms with Gasteiger partial charge in [0.25, 0.3) is 0 Å². The van der Waals surface area contributed by atoms with Crippen LogP contribution >= 0.6 is 15.9 Å². The fraction of sp³-hybridized carbons (Fsp3) is 0.133. The molecule has 5 nitrogen and oxygen atoms in total. The summed E-state index contributed by atoms with van der Waals surface area (Å²) in [6.45, 7) is 2.01. The van der Waals surface area contributed by atoms with Crippen LogP contribution in [0.1, 0.15) is 27.6 Å². The van der Waals surface area contributed by atoms with Crippen molar-refractivity contribution in [3.8, 4) is 5.75 Å². The normalized spacial score (nSPS) is 10.0. The van der Waals surface area contributed by atoms with E-state index in [-0.39, 0.29) is 12.4 Å². The van der Waals surface area contributed by atoms with Crippen molar-refractivity contribution in [1.29, 1.82) is 0 Å². The molecule has 0 saturated heterocycles. The average molecular weight is 350 g/mol. The van der Waals surface area contributed by atoms with Crippen LogP contribution < -0.4 is 4.74 Å². The van der Waals surface area contributed by atoms with Gasteiger partial charge < -0.3 is 9.47 Å². The largest absolute Gasteiger partial charge is 0.462 e. The maximum Gasteiger partial charge on any atom is 0.345 e. The fourth-order valence-electron chi connectivity index (χ4n) is 1.59. The molecule has 0 aliphatic heterocycles. The Balaban J connectivity index is 2.14. The number of nitrogens with zero attached hydrogens (tertiary/aromatic N) is 1. The number of carbonyl (C=O) groups excluding carboxylic acids is 2. The van der Waals surface area contributed by atoms with Crippen molar-refractivity contribution in [1.82, 2.24) is 4.98 Å². The van der Waals surface area contributed by atoms with Crippen LogP contribution in [0, 0.1) is 0 Å². The summed E-state index contributed by atoms with van der Waals surface area (Å²) in [5, 5.41) is 0. The van der Waals surface area contributed by atoms with E-state index in [1.54, 1.807) is 37.4 Å². The van der Waals surface area contributed by atoms with Gasteiger partial charge in [-0.05, 0) is 47.1 Å². The smallest absolute Gasteiger partial charge is 0.345 e. The lowest BCUT2D eigenvalue weighted by Crippen LogP contribution is -2.10. The quantitative estimate of drug-likeness (QED) is 0.626. The molecule has 2 rings (SSSR count). The van der Waals surface area contributed by atoms with E-state index >= 15 is 0 Å². The summed E-state index contributed by atoms with van der Waals surface area (Å²) in [6, 6.07) is 7.86. The molecular formula is C15H12BrNO4. The van der Waals surface area contributed by atoms with Crippen molar-refractivity contribution >= 4 is 27.9 Å². The summed E-state index contributed by atoms with van der Waals surface area (Å²) in [4.78, 5) is 27.5. The molecule has 0 aliphatic rings. The first-order chi connectivity index (χ1) is 10.1. The second kappa shape index (κ2) is 6.99. The van der Waals surface area contributed by atoms with Gasteiger partial charge in [-0.25, -0.2) is 9.59 Å². The molecule has 6 heteroatoms. The molecule has 0 saturated carbocycles. The summed E-state index contributed by atoms with van der Waals surface area (Å²) < 4.78 is 10.8. The molecule has 1 aromatic carbocycles. The monoisotopic (exact) mass is 349 g/mol. The van der Waals surface area contributed by atoms with Gasteiger partial charge in [0.2, 0.25) is 0 Å². The van der Waals surface area contributed by atoms with Crippen molar-refractivity contribution in [3.05, 3.63) is 58.3 Å². The standard InChI is InChI=1S/C15H12BrNO4/c1-2-20-14(18)10-4-3-5-13(7-10)21-15(19)11-6-12(16)9-17-8-11/h3-9H,2H2,1H3. The molecule has 2 aromatic rings.